The van der Waals surface area contributed by atoms with Crippen molar-refractivity contribution in [2.24, 2.45) is 0 Å². The molecule has 1 saturated carbocycles. The summed E-state index contributed by atoms with van der Waals surface area (Å²) in [5.41, 5.74) is 1.14. The van der Waals surface area contributed by atoms with Crippen LogP contribution in [0.4, 0.5) is 16.2 Å². The number of nitrogens with zero attached hydrogens (tertiary/aromatic N) is 6. The molecule has 6 rings (SSSR count). The Morgan fingerprint density at radius 3 is 2.32 bits per heavy atom. The molecule has 0 N–H and O–H groups in total. The van der Waals surface area contributed by atoms with Gasteiger partial charge in [-0.15, -0.1) is 5.10 Å². The normalized spacial score (nSPS) is 17.4. The van der Waals surface area contributed by atoms with Crippen LogP contribution in [0.1, 0.15) is 39.2 Å². The number of hydrogen-bond donors (Lipinski definition) is 0. The van der Waals surface area contributed by atoms with E-state index < -0.39 is 15.8 Å². The molecule has 0 radical (unpaired) electrons. The van der Waals surface area contributed by atoms with E-state index in [0.717, 1.165) is 22.5 Å². The first-order valence-electron chi connectivity index (χ1n) is 12.5. The molecule has 198 valence electrons. The standard InChI is InChI=1S/C27H28ClFN6O2S/c1-26(2,3)18-7-9-20(10-8-18)38(36,37)35-22-6-4-5-21(28)23(22)24(32-35)34-14-13-33(17-27(34)11-12-27)25-30-15-19(29)16-31-25/h4-10,15-16H,11-14,17H2,1-3H3. The van der Waals surface area contributed by atoms with Gasteiger partial charge in [-0.1, -0.05) is 50.6 Å². The highest BCUT2D eigenvalue weighted by molar-refractivity contribution is 7.90. The molecular formula is C27H28ClFN6O2S. The minimum absolute atomic E-state index is 0.0962. The molecule has 2 aromatic carbocycles. The zero-order chi connectivity index (χ0) is 26.9. The van der Waals surface area contributed by atoms with E-state index in [-0.39, 0.29) is 15.8 Å². The van der Waals surface area contributed by atoms with Crippen molar-refractivity contribution in [1.29, 1.82) is 0 Å². The molecule has 1 spiro atoms. The van der Waals surface area contributed by atoms with Gasteiger partial charge < -0.3 is 9.80 Å². The minimum Gasteiger partial charge on any atom is -0.345 e. The van der Waals surface area contributed by atoms with Crippen molar-refractivity contribution in [3.63, 3.8) is 0 Å². The Morgan fingerprint density at radius 2 is 1.68 bits per heavy atom. The van der Waals surface area contributed by atoms with Crippen molar-refractivity contribution in [2.75, 3.05) is 29.4 Å². The Bertz CT molecular complexity index is 1630. The van der Waals surface area contributed by atoms with E-state index in [9.17, 15) is 12.8 Å². The van der Waals surface area contributed by atoms with Gasteiger partial charge in [0.25, 0.3) is 10.0 Å². The second-order valence-electron chi connectivity index (χ2n) is 11.1. The minimum atomic E-state index is -3.98. The monoisotopic (exact) mass is 554 g/mol. The summed E-state index contributed by atoms with van der Waals surface area (Å²) in [6.07, 6.45) is 4.15. The van der Waals surface area contributed by atoms with Crippen molar-refractivity contribution < 1.29 is 12.8 Å². The van der Waals surface area contributed by atoms with Crippen molar-refractivity contribution in [3.05, 3.63) is 71.3 Å². The maximum absolute atomic E-state index is 13.8. The maximum atomic E-state index is 13.8. The largest absolute Gasteiger partial charge is 0.345 e. The molecular weight excluding hydrogens is 527 g/mol. The second kappa shape index (κ2) is 8.64. The van der Waals surface area contributed by atoms with Gasteiger partial charge in [0.1, 0.15) is 0 Å². The van der Waals surface area contributed by atoms with Gasteiger partial charge in [-0.25, -0.2) is 14.4 Å². The Balaban J connectivity index is 1.40. The number of benzene rings is 2. The molecule has 4 aromatic rings. The molecule has 2 aliphatic rings. The molecule has 1 saturated heterocycles. The van der Waals surface area contributed by atoms with Gasteiger partial charge in [0.05, 0.1) is 38.8 Å². The number of aromatic nitrogens is 4. The molecule has 1 aliphatic carbocycles. The van der Waals surface area contributed by atoms with Crippen LogP contribution in [0.2, 0.25) is 5.02 Å². The Hall–Kier alpha value is -3.24. The lowest BCUT2D eigenvalue weighted by atomic mass is 9.87. The summed E-state index contributed by atoms with van der Waals surface area (Å²) in [6.45, 7) is 8.02. The van der Waals surface area contributed by atoms with E-state index >= 15 is 0 Å². The summed E-state index contributed by atoms with van der Waals surface area (Å²) in [6, 6.07) is 12.2. The van der Waals surface area contributed by atoms with Crippen molar-refractivity contribution in [1.82, 2.24) is 19.2 Å². The molecule has 2 fully saturated rings. The Labute approximate surface area is 226 Å². The first-order valence-corrected chi connectivity index (χ1v) is 14.3. The van der Waals surface area contributed by atoms with E-state index in [1.807, 2.05) is 17.0 Å². The fraction of sp³-hybridized carbons (Fsp3) is 0.370. The van der Waals surface area contributed by atoms with E-state index in [2.05, 4.69) is 35.6 Å². The summed E-state index contributed by atoms with van der Waals surface area (Å²) in [5.74, 6) is 0.555. The van der Waals surface area contributed by atoms with Crippen LogP contribution in [-0.4, -0.2) is 52.7 Å². The predicted molar refractivity (Wildman–Crippen MR) is 146 cm³/mol. The van der Waals surface area contributed by atoms with E-state index in [0.29, 0.717) is 47.3 Å². The van der Waals surface area contributed by atoms with Crippen molar-refractivity contribution >= 4 is 44.3 Å². The smallest absolute Gasteiger partial charge is 0.283 e. The lowest BCUT2D eigenvalue weighted by molar-refractivity contribution is 0.497. The van der Waals surface area contributed by atoms with Crippen LogP contribution in [-0.2, 0) is 15.4 Å². The fourth-order valence-electron chi connectivity index (χ4n) is 5.20. The van der Waals surface area contributed by atoms with Gasteiger partial charge >= 0.3 is 0 Å². The zero-order valence-electron chi connectivity index (χ0n) is 21.4. The number of piperazine rings is 1. The van der Waals surface area contributed by atoms with Crippen LogP contribution >= 0.6 is 11.6 Å². The van der Waals surface area contributed by atoms with E-state index in [1.54, 1.807) is 30.3 Å². The fourth-order valence-corrected chi connectivity index (χ4v) is 6.73. The van der Waals surface area contributed by atoms with Gasteiger partial charge in [-0.05, 0) is 48.1 Å². The third kappa shape index (κ3) is 4.10. The molecule has 0 unspecified atom stereocenters. The Kier molecular flexibility index (Phi) is 5.70. The van der Waals surface area contributed by atoms with Crippen LogP contribution < -0.4 is 9.80 Å². The summed E-state index contributed by atoms with van der Waals surface area (Å²) >= 11 is 6.67. The number of hydrogen-bond acceptors (Lipinski definition) is 7. The number of rotatable bonds is 4. The van der Waals surface area contributed by atoms with Gasteiger partial charge in [-0.3, -0.25) is 0 Å². The zero-order valence-corrected chi connectivity index (χ0v) is 23.0. The van der Waals surface area contributed by atoms with Gasteiger partial charge in [0, 0.05) is 19.6 Å². The highest BCUT2D eigenvalue weighted by Crippen LogP contribution is 2.49. The topological polar surface area (TPSA) is 84.2 Å². The van der Waals surface area contributed by atoms with Crippen LogP contribution in [0, 0.1) is 5.82 Å². The molecule has 38 heavy (non-hydrogen) atoms. The summed E-state index contributed by atoms with van der Waals surface area (Å²) in [5, 5.41) is 5.77. The molecule has 3 heterocycles. The van der Waals surface area contributed by atoms with Crippen LogP contribution in [0.3, 0.4) is 0 Å². The summed E-state index contributed by atoms with van der Waals surface area (Å²) < 4.78 is 42.2. The van der Waals surface area contributed by atoms with E-state index in [1.165, 1.54) is 12.4 Å². The van der Waals surface area contributed by atoms with E-state index in [4.69, 9.17) is 16.7 Å². The van der Waals surface area contributed by atoms with Crippen LogP contribution in [0.25, 0.3) is 10.9 Å². The molecule has 0 bridgehead atoms. The SMILES string of the molecule is CC(C)(C)c1ccc(S(=O)(=O)n2nc(N3CCN(c4ncc(F)cn4)CC34CC4)c3c(Cl)cccc32)cc1. The highest BCUT2D eigenvalue weighted by atomic mass is 35.5. The molecule has 8 nitrogen and oxygen atoms in total. The lowest BCUT2D eigenvalue weighted by Gasteiger charge is -2.42. The van der Waals surface area contributed by atoms with Crippen LogP contribution in [0.15, 0.2) is 59.8 Å². The molecule has 11 heteroatoms. The first kappa shape index (κ1) is 25.1. The lowest BCUT2D eigenvalue weighted by Crippen LogP contribution is -2.56. The van der Waals surface area contributed by atoms with Gasteiger partial charge in [0.15, 0.2) is 11.6 Å². The van der Waals surface area contributed by atoms with Crippen LogP contribution in [0.5, 0.6) is 0 Å². The van der Waals surface area contributed by atoms with Crippen molar-refractivity contribution in [2.45, 2.75) is 49.5 Å². The third-order valence-electron chi connectivity index (χ3n) is 7.48. The number of halogens is 2. The van der Waals surface area contributed by atoms with Gasteiger partial charge in [0.2, 0.25) is 5.95 Å². The first-order chi connectivity index (χ1) is 18.0. The Morgan fingerprint density at radius 1 is 1.00 bits per heavy atom. The maximum Gasteiger partial charge on any atom is 0.283 e. The molecule has 2 aromatic heterocycles. The van der Waals surface area contributed by atoms with Gasteiger partial charge in [-0.2, -0.15) is 12.5 Å². The number of anilines is 2. The predicted octanol–water partition coefficient (Wildman–Crippen LogP) is 5.01. The average molecular weight is 555 g/mol. The number of fused-ring (bicyclic) bond motifs is 1. The molecule has 1 aliphatic heterocycles. The molecule has 0 amide bonds. The molecule has 0 atom stereocenters. The third-order valence-corrected chi connectivity index (χ3v) is 9.39. The summed E-state index contributed by atoms with van der Waals surface area (Å²) in [4.78, 5) is 12.7. The van der Waals surface area contributed by atoms with Crippen molar-refractivity contribution in [3.8, 4) is 0 Å². The highest BCUT2D eigenvalue weighted by Gasteiger charge is 2.53. The summed E-state index contributed by atoms with van der Waals surface area (Å²) in [7, 11) is -3.98. The quantitative estimate of drug-likeness (QED) is 0.350. The average Bonchev–Trinajstić information content (AvgIpc) is 3.52. The second-order valence-corrected chi connectivity index (χ2v) is 13.3.